The standard InChI is InChI=1S/C17H17ClN2O2/c1-22-16-5-3-2-4-14(16)12-20-17(21)19-11-10-13-6-8-15(18)9-7-13/h2-11H,12H2,1H3,(H2,19,20,21)/b11-10+. The molecule has 4 nitrogen and oxygen atoms in total. The van der Waals surface area contributed by atoms with Gasteiger partial charge in [0.15, 0.2) is 0 Å². The van der Waals surface area contributed by atoms with Crippen molar-refractivity contribution in [2.24, 2.45) is 0 Å². The van der Waals surface area contributed by atoms with Crippen LogP contribution in [-0.4, -0.2) is 13.1 Å². The SMILES string of the molecule is COc1ccccc1CNC(=O)N/C=C/c1ccc(Cl)cc1. The van der Waals surface area contributed by atoms with Gasteiger partial charge in [0.05, 0.1) is 7.11 Å². The van der Waals surface area contributed by atoms with E-state index in [1.807, 2.05) is 36.4 Å². The van der Waals surface area contributed by atoms with Gasteiger partial charge in [-0.15, -0.1) is 0 Å². The van der Waals surface area contributed by atoms with Gasteiger partial charge in [-0.3, -0.25) is 0 Å². The molecule has 0 saturated heterocycles. The molecule has 0 atom stereocenters. The summed E-state index contributed by atoms with van der Waals surface area (Å²) in [5.41, 5.74) is 1.87. The van der Waals surface area contributed by atoms with E-state index in [0.29, 0.717) is 11.6 Å². The third-order valence-corrected chi connectivity index (χ3v) is 3.24. The Bertz CT molecular complexity index is 654. The van der Waals surface area contributed by atoms with Crippen molar-refractivity contribution < 1.29 is 9.53 Å². The molecule has 2 rings (SSSR count). The third-order valence-electron chi connectivity index (χ3n) is 2.99. The lowest BCUT2D eigenvalue weighted by molar-refractivity contribution is 0.243. The Morgan fingerprint density at radius 1 is 1.18 bits per heavy atom. The number of carbonyl (C=O) groups excluding carboxylic acids is 1. The van der Waals surface area contributed by atoms with Crippen molar-refractivity contribution in [3.8, 4) is 5.75 Å². The molecule has 0 saturated carbocycles. The summed E-state index contributed by atoms with van der Waals surface area (Å²) >= 11 is 5.81. The van der Waals surface area contributed by atoms with E-state index in [9.17, 15) is 4.79 Å². The number of benzene rings is 2. The van der Waals surface area contributed by atoms with Crippen molar-refractivity contribution in [1.82, 2.24) is 10.6 Å². The van der Waals surface area contributed by atoms with E-state index in [-0.39, 0.29) is 6.03 Å². The number of methoxy groups -OCH3 is 1. The predicted molar refractivity (Wildman–Crippen MR) is 88.9 cm³/mol. The van der Waals surface area contributed by atoms with Crippen LogP contribution in [0.4, 0.5) is 4.79 Å². The second kappa shape index (κ2) is 8.10. The van der Waals surface area contributed by atoms with Crippen LogP contribution in [0.15, 0.2) is 54.7 Å². The molecule has 0 aliphatic heterocycles. The third kappa shape index (κ3) is 4.82. The van der Waals surface area contributed by atoms with Gasteiger partial charge in [0.1, 0.15) is 5.75 Å². The predicted octanol–water partition coefficient (Wildman–Crippen LogP) is 3.82. The van der Waals surface area contributed by atoms with E-state index in [1.165, 1.54) is 0 Å². The maximum atomic E-state index is 11.7. The van der Waals surface area contributed by atoms with E-state index in [1.54, 1.807) is 31.5 Å². The maximum absolute atomic E-state index is 11.7. The molecule has 114 valence electrons. The van der Waals surface area contributed by atoms with Crippen LogP contribution in [0, 0.1) is 0 Å². The molecular weight excluding hydrogens is 300 g/mol. The smallest absolute Gasteiger partial charge is 0.319 e. The molecule has 0 aliphatic carbocycles. The minimum atomic E-state index is -0.281. The lowest BCUT2D eigenvalue weighted by atomic mass is 10.2. The zero-order valence-corrected chi connectivity index (χ0v) is 12.9. The summed E-state index contributed by atoms with van der Waals surface area (Å²) in [6.07, 6.45) is 3.37. The van der Waals surface area contributed by atoms with Gasteiger partial charge < -0.3 is 15.4 Å². The average molecular weight is 317 g/mol. The Balaban J connectivity index is 1.82. The first-order chi connectivity index (χ1) is 10.7. The lowest BCUT2D eigenvalue weighted by Crippen LogP contribution is -2.31. The molecule has 0 aromatic heterocycles. The number of hydrogen-bond donors (Lipinski definition) is 2. The number of urea groups is 1. The fourth-order valence-electron chi connectivity index (χ4n) is 1.86. The quantitative estimate of drug-likeness (QED) is 0.881. The first-order valence-electron chi connectivity index (χ1n) is 6.77. The average Bonchev–Trinajstić information content (AvgIpc) is 2.55. The molecule has 0 heterocycles. The molecule has 0 aliphatic rings. The number of amides is 2. The van der Waals surface area contributed by atoms with E-state index in [2.05, 4.69) is 10.6 Å². The molecular formula is C17H17ClN2O2. The molecule has 0 unspecified atom stereocenters. The van der Waals surface area contributed by atoms with Crippen molar-refractivity contribution in [3.05, 3.63) is 70.9 Å². The van der Waals surface area contributed by atoms with Crippen LogP contribution in [-0.2, 0) is 6.54 Å². The highest BCUT2D eigenvalue weighted by atomic mass is 35.5. The zero-order chi connectivity index (χ0) is 15.8. The summed E-state index contributed by atoms with van der Waals surface area (Å²) < 4.78 is 5.23. The van der Waals surface area contributed by atoms with Crippen molar-refractivity contribution in [2.75, 3.05) is 7.11 Å². The van der Waals surface area contributed by atoms with Crippen LogP contribution in [0.3, 0.4) is 0 Å². The second-order valence-electron chi connectivity index (χ2n) is 4.52. The van der Waals surface area contributed by atoms with Crippen LogP contribution in [0.2, 0.25) is 5.02 Å². The molecule has 2 aromatic rings. The first kappa shape index (κ1) is 15.9. The summed E-state index contributed by atoms with van der Waals surface area (Å²) in [4.78, 5) is 11.7. The molecule has 2 amide bonds. The van der Waals surface area contributed by atoms with Gasteiger partial charge in [-0.25, -0.2) is 4.79 Å². The van der Waals surface area contributed by atoms with Crippen molar-refractivity contribution in [2.45, 2.75) is 6.54 Å². The van der Waals surface area contributed by atoms with Gasteiger partial charge in [0, 0.05) is 23.3 Å². The van der Waals surface area contributed by atoms with Gasteiger partial charge in [-0.1, -0.05) is 41.9 Å². The number of nitrogens with one attached hydrogen (secondary N) is 2. The maximum Gasteiger partial charge on any atom is 0.319 e. The number of rotatable bonds is 5. The Labute approximate surface area is 134 Å². The number of ether oxygens (including phenoxy) is 1. The number of hydrogen-bond acceptors (Lipinski definition) is 2. The summed E-state index contributed by atoms with van der Waals surface area (Å²) in [7, 11) is 1.60. The topological polar surface area (TPSA) is 50.4 Å². The summed E-state index contributed by atoms with van der Waals surface area (Å²) in [5, 5.41) is 6.10. The van der Waals surface area contributed by atoms with Crippen LogP contribution >= 0.6 is 11.6 Å². The van der Waals surface area contributed by atoms with Gasteiger partial charge in [0.2, 0.25) is 0 Å². The fraction of sp³-hybridized carbons (Fsp3) is 0.118. The van der Waals surface area contributed by atoms with Crippen molar-refractivity contribution in [1.29, 1.82) is 0 Å². The highest BCUT2D eigenvalue weighted by molar-refractivity contribution is 6.30. The van der Waals surface area contributed by atoms with Gasteiger partial charge >= 0.3 is 6.03 Å². The molecule has 2 aromatic carbocycles. The molecule has 0 fully saturated rings. The van der Waals surface area contributed by atoms with Gasteiger partial charge in [-0.05, 0) is 29.8 Å². The second-order valence-corrected chi connectivity index (χ2v) is 4.96. The summed E-state index contributed by atoms with van der Waals surface area (Å²) in [6, 6.07) is 14.6. The number of halogens is 1. The largest absolute Gasteiger partial charge is 0.496 e. The highest BCUT2D eigenvalue weighted by Crippen LogP contribution is 2.16. The van der Waals surface area contributed by atoms with Crippen molar-refractivity contribution in [3.63, 3.8) is 0 Å². The van der Waals surface area contributed by atoms with Gasteiger partial charge in [-0.2, -0.15) is 0 Å². The van der Waals surface area contributed by atoms with E-state index < -0.39 is 0 Å². The van der Waals surface area contributed by atoms with Crippen LogP contribution < -0.4 is 15.4 Å². The Morgan fingerprint density at radius 2 is 1.91 bits per heavy atom. The molecule has 0 radical (unpaired) electrons. The zero-order valence-electron chi connectivity index (χ0n) is 12.2. The van der Waals surface area contributed by atoms with Crippen LogP contribution in [0.1, 0.15) is 11.1 Å². The highest BCUT2D eigenvalue weighted by Gasteiger charge is 2.03. The normalized spacial score (nSPS) is 10.5. The molecule has 5 heteroatoms. The monoisotopic (exact) mass is 316 g/mol. The summed E-state index contributed by atoms with van der Waals surface area (Å²) in [5.74, 6) is 0.750. The van der Waals surface area contributed by atoms with E-state index in [0.717, 1.165) is 16.9 Å². The van der Waals surface area contributed by atoms with Crippen molar-refractivity contribution >= 4 is 23.7 Å². The first-order valence-corrected chi connectivity index (χ1v) is 7.15. The molecule has 2 N–H and O–H groups in total. The Hall–Kier alpha value is -2.46. The molecule has 22 heavy (non-hydrogen) atoms. The van der Waals surface area contributed by atoms with Crippen LogP contribution in [0.5, 0.6) is 5.75 Å². The minimum Gasteiger partial charge on any atom is -0.496 e. The summed E-state index contributed by atoms with van der Waals surface area (Å²) in [6.45, 7) is 0.393. The minimum absolute atomic E-state index is 0.281. The Morgan fingerprint density at radius 3 is 2.64 bits per heavy atom. The van der Waals surface area contributed by atoms with E-state index in [4.69, 9.17) is 16.3 Å². The van der Waals surface area contributed by atoms with Gasteiger partial charge in [0.25, 0.3) is 0 Å². The van der Waals surface area contributed by atoms with Crippen LogP contribution in [0.25, 0.3) is 6.08 Å². The Kier molecular flexibility index (Phi) is 5.86. The van der Waals surface area contributed by atoms with E-state index >= 15 is 0 Å². The molecule has 0 bridgehead atoms. The fourth-order valence-corrected chi connectivity index (χ4v) is 1.99. The number of carbonyl (C=O) groups is 1. The number of para-hydroxylation sites is 1. The lowest BCUT2D eigenvalue weighted by Gasteiger charge is -2.09. The molecule has 0 spiro atoms.